The quantitative estimate of drug-likeness (QED) is 0.499. The zero-order valence-corrected chi connectivity index (χ0v) is 7.93. The Balaban J connectivity index is 2.36. The Morgan fingerprint density at radius 2 is 2.14 bits per heavy atom. The van der Waals surface area contributed by atoms with E-state index in [4.69, 9.17) is 4.65 Å². The summed E-state index contributed by atoms with van der Waals surface area (Å²) in [5.74, 6) is -0.190. The standard InChI is InChI=1S/C9H12BNO3/c1-8(12)11-7-14-10(13)9-5-3-2-4-6-9/h2-6,13H,7H2,1H3,(H,11,12). The van der Waals surface area contributed by atoms with Gasteiger partial charge in [-0.2, -0.15) is 0 Å². The lowest BCUT2D eigenvalue weighted by atomic mass is 9.80. The smallest absolute Gasteiger partial charge is 0.423 e. The average molecular weight is 193 g/mol. The fourth-order valence-electron chi connectivity index (χ4n) is 0.936. The Labute approximate surface area is 83.0 Å². The number of benzene rings is 1. The van der Waals surface area contributed by atoms with Crippen LogP contribution in [0.25, 0.3) is 0 Å². The topological polar surface area (TPSA) is 58.6 Å². The van der Waals surface area contributed by atoms with Gasteiger partial charge in [-0.05, 0) is 5.46 Å². The van der Waals surface area contributed by atoms with Gasteiger partial charge >= 0.3 is 7.12 Å². The van der Waals surface area contributed by atoms with Gasteiger partial charge in [0.1, 0.15) is 6.73 Å². The van der Waals surface area contributed by atoms with Gasteiger partial charge in [-0.15, -0.1) is 0 Å². The van der Waals surface area contributed by atoms with E-state index in [-0.39, 0.29) is 12.6 Å². The third kappa shape index (κ3) is 3.59. The van der Waals surface area contributed by atoms with E-state index < -0.39 is 7.12 Å². The van der Waals surface area contributed by atoms with E-state index in [0.29, 0.717) is 5.46 Å². The molecule has 1 aromatic carbocycles. The van der Waals surface area contributed by atoms with Crippen molar-refractivity contribution in [2.45, 2.75) is 6.92 Å². The van der Waals surface area contributed by atoms with Crippen LogP contribution >= 0.6 is 0 Å². The van der Waals surface area contributed by atoms with E-state index in [2.05, 4.69) is 5.32 Å². The van der Waals surface area contributed by atoms with Gasteiger partial charge in [-0.1, -0.05) is 30.3 Å². The Kier molecular flexibility index (Phi) is 4.16. The molecular formula is C9H12BNO3. The second kappa shape index (κ2) is 5.41. The lowest BCUT2D eigenvalue weighted by molar-refractivity contribution is -0.119. The lowest BCUT2D eigenvalue weighted by Gasteiger charge is -2.07. The monoisotopic (exact) mass is 193 g/mol. The minimum atomic E-state index is -0.997. The molecule has 0 radical (unpaired) electrons. The van der Waals surface area contributed by atoms with Crippen molar-refractivity contribution in [3.63, 3.8) is 0 Å². The minimum absolute atomic E-state index is 0.00535. The minimum Gasteiger partial charge on any atom is -0.423 e. The van der Waals surface area contributed by atoms with Crippen molar-refractivity contribution >= 4 is 18.5 Å². The second-order valence-corrected chi connectivity index (χ2v) is 2.81. The third-order valence-electron chi connectivity index (χ3n) is 1.65. The van der Waals surface area contributed by atoms with E-state index in [1.807, 2.05) is 6.07 Å². The molecule has 74 valence electrons. The number of hydrogen-bond donors (Lipinski definition) is 2. The SMILES string of the molecule is CC(=O)NCOB(O)c1ccccc1. The van der Waals surface area contributed by atoms with E-state index in [9.17, 15) is 9.82 Å². The Bertz CT molecular complexity index is 291. The fourth-order valence-corrected chi connectivity index (χ4v) is 0.936. The molecule has 0 fully saturated rings. The number of amides is 1. The lowest BCUT2D eigenvalue weighted by Crippen LogP contribution is -2.37. The number of nitrogens with one attached hydrogen (secondary N) is 1. The van der Waals surface area contributed by atoms with Crippen molar-refractivity contribution < 1.29 is 14.5 Å². The molecule has 1 amide bonds. The number of carbonyl (C=O) groups is 1. The summed E-state index contributed by atoms with van der Waals surface area (Å²) >= 11 is 0. The molecule has 0 saturated carbocycles. The van der Waals surface area contributed by atoms with E-state index >= 15 is 0 Å². The highest BCUT2D eigenvalue weighted by molar-refractivity contribution is 6.59. The van der Waals surface area contributed by atoms with Gasteiger partial charge in [0.15, 0.2) is 0 Å². The first-order valence-corrected chi connectivity index (χ1v) is 4.29. The molecule has 0 spiro atoms. The number of carbonyl (C=O) groups excluding carboxylic acids is 1. The molecule has 0 atom stereocenters. The largest absolute Gasteiger partial charge is 0.492 e. The number of rotatable bonds is 4. The predicted octanol–water partition coefficient (Wildman–Crippen LogP) is -0.516. The molecule has 2 N–H and O–H groups in total. The van der Waals surface area contributed by atoms with Gasteiger partial charge in [0.05, 0.1) is 0 Å². The van der Waals surface area contributed by atoms with Crippen LogP contribution in [0.1, 0.15) is 6.92 Å². The van der Waals surface area contributed by atoms with Gasteiger partial charge in [-0.25, -0.2) is 0 Å². The van der Waals surface area contributed by atoms with Crippen molar-refractivity contribution in [3.8, 4) is 0 Å². The molecule has 1 aromatic rings. The van der Waals surface area contributed by atoms with Crippen molar-refractivity contribution in [1.29, 1.82) is 0 Å². The van der Waals surface area contributed by atoms with E-state index in [1.165, 1.54) is 6.92 Å². The highest BCUT2D eigenvalue weighted by Gasteiger charge is 2.14. The molecule has 0 heterocycles. The molecule has 4 nitrogen and oxygen atoms in total. The molecule has 14 heavy (non-hydrogen) atoms. The molecule has 0 saturated heterocycles. The zero-order valence-electron chi connectivity index (χ0n) is 7.93. The van der Waals surface area contributed by atoms with Gasteiger partial charge in [0, 0.05) is 6.92 Å². The molecule has 5 heteroatoms. The highest BCUT2D eigenvalue weighted by atomic mass is 16.5. The van der Waals surface area contributed by atoms with Crippen molar-refractivity contribution in [1.82, 2.24) is 5.32 Å². The van der Waals surface area contributed by atoms with Crippen molar-refractivity contribution in [2.24, 2.45) is 0 Å². The summed E-state index contributed by atoms with van der Waals surface area (Å²) in [6.07, 6.45) is 0. The number of hydrogen-bond acceptors (Lipinski definition) is 3. The zero-order chi connectivity index (χ0) is 10.4. The first-order chi connectivity index (χ1) is 6.70. The third-order valence-corrected chi connectivity index (χ3v) is 1.65. The van der Waals surface area contributed by atoms with E-state index in [1.54, 1.807) is 24.3 Å². The summed E-state index contributed by atoms with van der Waals surface area (Å²) in [6.45, 7) is 1.39. The second-order valence-electron chi connectivity index (χ2n) is 2.81. The van der Waals surface area contributed by atoms with Gasteiger partial charge in [-0.3, -0.25) is 4.79 Å². The molecule has 0 bridgehead atoms. The van der Waals surface area contributed by atoms with Crippen LogP contribution in [0.3, 0.4) is 0 Å². The predicted molar refractivity (Wildman–Crippen MR) is 53.8 cm³/mol. The summed E-state index contributed by atoms with van der Waals surface area (Å²) in [7, 11) is -0.997. The van der Waals surface area contributed by atoms with Crippen molar-refractivity contribution in [3.05, 3.63) is 30.3 Å². The van der Waals surface area contributed by atoms with Crippen LogP contribution in [-0.4, -0.2) is 24.8 Å². The first-order valence-electron chi connectivity index (χ1n) is 4.29. The van der Waals surface area contributed by atoms with Crippen LogP contribution in [0.4, 0.5) is 0 Å². The fraction of sp³-hybridized carbons (Fsp3) is 0.222. The summed E-state index contributed by atoms with van der Waals surface area (Å²) in [4.78, 5) is 10.5. The Morgan fingerprint density at radius 1 is 1.50 bits per heavy atom. The first kappa shape index (κ1) is 10.8. The maximum absolute atomic E-state index is 10.5. The Morgan fingerprint density at radius 3 is 2.71 bits per heavy atom. The van der Waals surface area contributed by atoms with Crippen molar-refractivity contribution in [2.75, 3.05) is 6.73 Å². The summed E-state index contributed by atoms with van der Waals surface area (Å²) < 4.78 is 4.96. The normalized spacial score (nSPS) is 9.57. The molecular weight excluding hydrogens is 181 g/mol. The molecule has 0 unspecified atom stereocenters. The maximum atomic E-state index is 10.5. The van der Waals surface area contributed by atoms with Crippen LogP contribution in [0, 0.1) is 0 Å². The molecule has 0 aliphatic heterocycles. The van der Waals surface area contributed by atoms with Crippen LogP contribution in [0.15, 0.2) is 30.3 Å². The summed E-state index contributed by atoms with van der Waals surface area (Å²) in [5.41, 5.74) is 0.665. The van der Waals surface area contributed by atoms with Crippen LogP contribution in [0.2, 0.25) is 0 Å². The average Bonchev–Trinajstić information content (AvgIpc) is 2.18. The Hall–Kier alpha value is -1.33. The molecule has 0 aromatic heterocycles. The highest BCUT2D eigenvalue weighted by Crippen LogP contribution is 1.86. The summed E-state index contributed by atoms with van der Waals surface area (Å²) in [6, 6.07) is 8.96. The summed E-state index contributed by atoms with van der Waals surface area (Å²) in [5, 5.41) is 11.9. The molecule has 1 rings (SSSR count). The van der Waals surface area contributed by atoms with Gasteiger partial charge < -0.3 is 15.0 Å². The van der Waals surface area contributed by atoms with Gasteiger partial charge in [0.25, 0.3) is 0 Å². The van der Waals surface area contributed by atoms with E-state index in [0.717, 1.165) is 0 Å². The van der Waals surface area contributed by atoms with Crippen LogP contribution < -0.4 is 10.8 Å². The van der Waals surface area contributed by atoms with Crippen LogP contribution in [0.5, 0.6) is 0 Å². The molecule has 0 aliphatic rings. The van der Waals surface area contributed by atoms with Gasteiger partial charge in [0.2, 0.25) is 5.91 Å². The van der Waals surface area contributed by atoms with Crippen LogP contribution in [-0.2, 0) is 9.45 Å². The molecule has 0 aliphatic carbocycles. The maximum Gasteiger partial charge on any atom is 0.492 e.